The van der Waals surface area contributed by atoms with E-state index in [1.54, 1.807) is 6.21 Å². The molecular formula is C22H22N4O3. The molecule has 0 spiro atoms. The Morgan fingerprint density at radius 3 is 2.38 bits per heavy atom. The van der Waals surface area contributed by atoms with Crippen molar-refractivity contribution in [3.63, 3.8) is 0 Å². The highest BCUT2D eigenvalue weighted by Gasteiger charge is 2.56. The summed E-state index contributed by atoms with van der Waals surface area (Å²) in [7, 11) is 0. The fourth-order valence-electron chi connectivity index (χ4n) is 5.09. The Labute approximate surface area is 167 Å². The molecule has 1 aromatic carbocycles. The van der Waals surface area contributed by atoms with Crippen LogP contribution in [0.3, 0.4) is 0 Å². The SMILES string of the molecule is NC(=O)CCn1cc(/C=N\N2C(=O)[C@H]3[C@H](C2=O)[C@H]2C=C[C@H]3CC2)c2ccccc21. The largest absolute Gasteiger partial charge is 0.370 e. The minimum atomic E-state index is -0.364. The summed E-state index contributed by atoms with van der Waals surface area (Å²) in [6.07, 6.45) is 9.81. The number of aromatic nitrogens is 1. The van der Waals surface area contributed by atoms with Crippen LogP contribution in [-0.4, -0.2) is 33.5 Å². The Balaban J connectivity index is 1.45. The van der Waals surface area contributed by atoms with Crippen LogP contribution in [0, 0.1) is 23.7 Å². The first kappa shape index (κ1) is 17.8. The van der Waals surface area contributed by atoms with Gasteiger partial charge in [-0.25, -0.2) is 0 Å². The van der Waals surface area contributed by atoms with Crippen LogP contribution in [0.5, 0.6) is 0 Å². The molecule has 7 nitrogen and oxygen atoms in total. The Bertz CT molecular complexity index is 1050. The average molecular weight is 390 g/mol. The highest BCUT2D eigenvalue weighted by Crippen LogP contribution is 2.49. The molecule has 1 saturated heterocycles. The van der Waals surface area contributed by atoms with Crippen molar-refractivity contribution in [3.8, 4) is 0 Å². The third-order valence-electron chi connectivity index (χ3n) is 6.47. The number of carbonyl (C=O) groups excluding carboxylic acids is 3. The molecule has 1 aliphatic heterocycles. The molecule has 0 radical (unpaired) electrons. The molecule has 1 saturated carbocycles. The first-order chi connectivity index (χ1) is 14.0. The Kier molecular flexibility index (Phi) is 4.12. The Hall–Kier alpha value is -3.22. The number of hydrogen-bond acceptors (Lipinski definition) is 4. The van der Waals surface area contributed by atoms with Crippen molar-refractivity contribution in [1.29, 1.82) is 0 Å². The molecule has 1 aromatic heterocycles. The monoisotopic (exact) mass is 390 g/mol. The van der Waals surface area contributed by atoms with E-state index in [1.165, 1.54) is 0 Å². The number of allylic oxidation sites excluding steroid dienone is 2. The lowest BCUT2D eigenvalue weighted by Crippen LogP contribution is -2.38. The van der Waals surface area contributed by atoms with Gasteiger partial charge in [0.25, 0.3) is 11.8 Å². The fourth-order valence-corrected chi connectivity index (χ4v) is 5.09. The van der Waals surface area contributed by atoms with Gasteiger partial charge in [-0.15, -0.1) is 0 Å². The minimum Gasteiger partial charge on any atom is -0.370 e. The van der Waals surface area contributed by atoms with Gasteiger partial charge in [-0.3, -0.25) is 14.4 Å². The third-order valence-corrected chi connectivity index (χ3v) is 6.47. The van der Waals surface area contributed by atoms with Gasteiger partial charge in [-0.2, -0.15) is 10.1 Å². The van der Waals surface area contributed by atoms with Gasteiger partial charge in [0.05, 0.1) is 18.1 Å². The smallest absolute Gasteiger partial charge is 0.254 e. The molecule has 4 aliphatic rings. The molecule has 4 atom stereocenters. The lowest BCUT2D eigenvalue weighted by molar-refractivity contribution is -0.140. The van der Waals surface area contributed by atoms with Crippen LogP contribution in [0.1, 0.15) is 24.8 Å². The van der Waals surface area contributed by atoms with Crippen molar-refractivity contribution < 1.29 is 14.4 Å². The predicted molar refractivity (Wildman–Crippen MR) is 108 cm³/mol. The normalized spacial score (nSPS) is 28.1. The zero-order valence-electron chi connectivity index (χ0n) is 15.9. The molecule has 2 bridgehead atoms. The number of nitrogens with zero attached hydrogens (tertiary/aromatic N) is 3. The fraction of sp³-hybridized carbons (Fsp3) is 0.364. The lowest BCUT2D eigenvalue weighted by atomic mass is 9.63. The maximum Gasteiger partial charge on any atom is 0.254 e. The summed E-state index contributed by atoms with van der Waals surface area (Å²) in [5.41, 5.74) is 7.03. The van der Waals surface area contributed by atoms with E-state index in [2.05, 4.69) is 17.3 Å². The maximum absolute atomic E-state index is 12.9. The lowest BCUT2D eigenvalue weighted by Gasteiger charge is -2.37. The molecule has 7 heteroatoms. The van der Waals surface area contributed by atoms with Gasteiger partial charge < -0.3 is 10.3 Å². The summed E-state index contributed by atoms with van der Waals surface area (Å²) in [5, 5.41) is 6.33. The van der Waals surface area contributed by atoms with Crippen LogP contribution in [0.15, 0.2) is 47.7 Å². The second-order valence-electron chi connectivity index (χ2n) is 8.09. The van der Waals surface area contributed by atoms with E-state index in [9.17, 15) is 14.4 Å². The van der Waals surface area contributed by atoms with Gasteiger partial charge in [-0.1, -0.05) is 30.4 Å². The van der Waals surface area contributed by atoms with Gasteiger partial charge in [0.2, 0.25) is 5.91 Å². The maximum atomic E-state index is 12.9. The number of imide groups is 1. The van der Waals surface area contributed by atoms with E-state index < -0.39 is 0 Å². The summed E-state index contributed by atoms with van der Waals surface area (Å²) in [4.78, 5) is 37.0. The van der Waals surface area contributed by atoms with E-state index in [0.29, 0.717) is 6.54 Å². The van der Waals surface area contributed by atoms with E-state index in [-0.39, 0.29) is 47.8 Å². The van der Waals surface area contributed by atoms with E-state index in [4.69, 9.17) is 5.73 Å². The first-order valence-corrected chi connectivity index (χ1v) is 10.0. The van der Waals surface area contributed by atoms with Crippen LogP contribution in [0.2, 0.25) is 0 Å². The molecular weight excluding hydrogens is 368 g/mol. The molecule has 2 N–H and O–H groups in total. The number of primary amides is 1. The van der Waals surface area contributed by atoms with Gasteiger partial charge in [0, 0.05) is 35.6 Å². The molecule has 3 amide bonds. The topological polar surface area (TPSA) is 97.8 Å². The number of benzene rings is 1. The molecule has 2 fully saturated rings. The summed E-state index contributed by atoms with van der Waals surface area (Å²) in [6.45, 7) is 0.463. The van der Waals surface area contributed by atoms with Crippen LogP contribution in [0.4, 0.5) is 0 Å². The average Bonchev–Trinajstić information content (AvgIpc) is 3.22. The van der Waals surface area contributed by atoms with Crippen molar-refractivity contribution in [2.75, 3.05) is 0 Å². The van der Waals surface area contributed by atoms with Gasteiger partial charge in [0.15, 0.2) is 0 Å². The van der Waals surface area contributed by atoms with Crippen molar-refractivity contribution >= 4 is 34.8 Å². The highest BCUT2D eigenvalue weighted by molar-refractivity contribution is 6.07. The van der Waals surface area contributed by atoms with E-state index in [0.717, 1.165) is 34.3 Å². The number of aryl methyl sites for hydroxylation is 1. The van der Waals surface area contributed by atoms with Crippen molar-refractivity contribution in [1.82, 2.24) is 9.58 Å². The van der Waals surface area contributed by atoms with Gasteiger partial charge in [0.1, 0.15) is 0 Å². The number of carbonyl (C=O) groups is 3. The summed E-state index contributed by atoms with van der Waals surface area (Å²) in [6, 6.07) is 7.75. The Morgan fingerprint density at radius 2 is 1.76 bits per heavy atom. The van der Waals surface area contributed by atoms with Gasteiger partial charge in [-0.05, 0) is 30.7 Å². The van der Waals surface area contributed by atoms with Crippen molar-refractivity contribution in [2.45, 2.75) is 25.8 Å². The molecule has 0 unspecified atom stereocenters. The second kappa shape index (κ2) is 6.69. The number of fused-ring (bicyclic) bond motifs is 2. The second-order valence-corrected chi connectivity index (χ2v) is 8.09. The summed E-state index contributed by atoms with van der Waals surface area (Å²) in [5.74, 6) is -0.965. The van der Waals surface area contributed by atoms with Crippen LogP contribution >= 0.6 is 0 Å². The van der Waals surface area contributed by atoms with Crippen LogP contribution in [-0.2, 0) is 20.9 Å². The minimum absolute atomic E-state index is 0.150. The highest BCUT2D eigenvalue weighted by atomic mass is 16.2. The molecule has 2 heterocycles. The zero-order chi connectivity index (χ0) is 20.1. The number of amides is 3. The Morgan fingerprint density at radius 1 is 1.10 bits per heavy atom. The van der Waals surface area contributed by atoms with Crippen LogP contribution in [0.25, 0.3) is 10.9 Å². The number of hydrazone groups is 1. The quantitative estimate of drug-likeness (QED) is 0.481. The summed E-state index contributed by atoms with van der Waals surface area (Å²) >= 11 is 0. The molecule has 29 heavy (non-hydrogen) atoms. The van der Waals surface area contributed by atoms with E-state index in [1.807, 2.05) is 35.0 Å². The number of nitrogens with two attached hydrogens (primary N) is 1. The number of para-hydroxylation sites is 1. The van der Waals surface area contributed by atoms with Crippen molar-refractivity contribution in [3.05, 3.63) is 48.2 Å². The molecule has 3 aliphatic carbocycles. The van der Waals surface area contributed by atoms with Crippen LogP contribution < -0.4 is 5.73 Å². The van der Waals surface area contributed by atoms with Crippen molar-refractivity contribution in [2.24, 2.45) is 34.5 Å². The third kappa shape index (κ3) is 2.80. The number of rotatable bonds is 5. The first-order valence-electron chi connectivity index (χ1n) is 10.0. The van der Waals surface area contributed by atoms with E-state index >= 15 is 0 Å². The summed E-state index contributed by atoms with van der Waals surface area (Å²) < 4.78 is 1.94. The molecule has 6 rings (SSSR count). The standard InChI is InChI=1S/C22H22N4O3/c23-18(27)9-10-25-12-15(16-3-1-2-4-17(16)25)11-24-26-21(28)19-13-5-6-14(8-7-13)20(19)22(26)29/h1-6,11-14,19-20H,7-10H2,(H2,23,27)/b24-11-/t13-,14-,19+,20+/m0/s1. The van der Waals surface area contributed by atoms with Gasteiger partial charge >= 0.3 is 0 Å². The zero-order valence-corrected chi connectivity index (χ0v) is 15.9. The predicted octanol–water partition coefficient (Wildman–Crippen LogP) is 2.05. The number of hydrogen-bond donors (Lipinski definition) is 1. The molecule has 148 valence electrons. The molecule has 2 aromatic rings.